The zero-order valence-electron chi connectivity index (χ0n) is 9.06. The van der Waals surface area contributed by atoms with E-state index < -0.39 is 6.03 Å². The fourth-order valence-electron chi connectivity index (χ4n) is 1.40. The van der Waals surface area contributed by atoms with Gasteiger partial charge in [-0.3, -0.25) is 0 Å². The molecular weight excluding hydrogens is 298 g/mol. The van der Waals surface area contributed by atoms with Crippen molar-refractivity contribution < 1.29 is 4.79 Å². The van der Waals surface area contributed by atoms with Crippen LogP contribution < -0.4 is 16.0 Å². The van der Waals surface area contributed by atoms with Gasteiger partial charge < -0.3 is 16.0 Å². The lowest BCUT2D eigenvalue weighted by molar-refractivity contribution is 0.259. The Morgan fingerprint density at radius 3 is 2.28 bits per heavy atom. The van der Waals surface area contributed by atoms with Gasteiger partial charge in [-0.25, -0.2) is 4.79 Å². The minimum atomic E-state index is -0.571. The Morgan fingerprint density at radius 1 is 1.17 bits per heavy atom. The van der Waals surface area contributed by atoms with Crippen molar-refractivity contribution in [3.8, 4) is 0 Å². The van der Waals surface area contributed by atoms with E-state index in [2.05, 4.69) is 20.9 Å². The molecule has 0 aliphatic carbocycles. The number of nitrogens with one attached hydrogen (secondary N) is 3. The Hall–Kier alpha value is -1.17. The molecule has 0 spiro atoms. The third kappa shape index (κ3) is 3.19. The molecule has 8 heteroatoms. The molecule has 18 heavy (non-hydrogen) atoms. The van der Waals surface area contributed by atoms with Crippen LogP contribution in [0.25, 0.3) is 0 Å². The van der Waals surface area contributed by atoms with Crippen molar-refractivity contribution in [1.82, 2.24) is 10.6 Å². The Bertz CT molecular complexity index is 487. The second-order valence-electron chi connectivity index (χ2n) is 3.49. The maximum atomic E-state index is 11.6. The number of guanidine groups is 1. The van der Waals surface area contributed by atoms with Crippen molar-refractivity contribution in [2.75, 3.05) is 18.4 Å². The van der Waals surface area contributed by atoms with E-state index in [1.165, 1.54) is 12.1 Å². The van der Waals surface area contributed by atoms with E-state index >= 15 is 0 Å². The van der Waals surface area contributed by atoms with E-state index in [0.29, 0.717) is 11.0 Å². The summed E-state index contributed by atoms with van der Waals surface area (Å²) >= 11 is 17.6. The SMILES string of the molecule is O=C(N=C1NCCN1)Nc1c(Cl)cc(Cl)cc1Cl. The van der Waals surface area contributed by atoms with Crippen molar-refractivity contribution in [1.29, 1.82) is 0 Å². The maximum absolute atomic E-state index is 11.6. The number of halogens is 3. The highest BCUT2D eigenvalue weighted by molar-refractivity contribution is 6.42. The lowest BCUT2D eigenvalue weighted by atomic mass is 10.3. The van der Waals surface area contributed by atoms with Crippen LogP contribution in [0.15, 0.2) is 17.1 Å². The zero-order chi connectivity index (χ0) is 13.1. The van der Waals surface area contributed by atoms with Gasteiger partial charge in [0.05, 0.1) is 15.7 Å². The van der Waals surface area contributed by atoms with Gasteiger partial charge in [0, 0.05) is 18.1 Å². The fourth-order valence-corrected chi connectivity index (χ4v) is 2.31. The van der Waals surface area contributed by atoms with Crippen molar-refractivity contribution in [2.24, 2.45) is 4.99 Å². The minimum absolute atomic E-state index is 0.258. The molecule has 96 valence electrons. The molecule has 1 aliphatic heterocycles. The molecule has 1 fully saturated rings. The third-order valence-corrected chi connectivity index (χ3v) is 2.98. The summed E-state index contributed by atoms with van der Waals surface area (Å²) < 4.78 is 0. The van der Waals surface area contributed by atoms with Crippen LogP contribution in [0.2, 0.25) is 15.1 Å². The van der Waals surface area contributed by atoms with Gasteiger partial charge in [0.2, 0.25) is 5.96 Å². The molecule has 1 aromatic carbocycles. The average Bonchev–Trinajstić information content (AvgIpc) is 2.76. The Balaban J connectivity index is 2.14. The van der Waals surface area contributed by atoms with Gasteiger partial charge in [-0.05, 0) is 12.1 Å². The summed E-state index contributed by atoms with van der Waals surface area (Å²) in [7, 11) is 0. The van der Waals surface area contributed by atoms with Gasteiger partial charge >= 0.3 is 6.03 Å². The van der Waals surface area contributed by atoms with Crippen LogP contribution in [-0.2, 0) is 0 Å². The number of anilines is 1. The summed E-state index contributed by atoms with van der Waals surface area (Å²) in [6.45, 7) is 1.46. The molecule has 0 saturated carbocycles. The summed E-state index contributed by atoms with van der Waals surface area (Å²) in [5, 5.41) is 9.22. The Morgan fingerprint density at radius 2 is 1.72 bits per heavy atom. The largest absolute Gasteiger partial charge is 0.354 e. The smallest absolute Gasteiger partial charge is 0.348 e. The van der Waals surface area contributed by atoms with E-state index in [1.807, 2.05) is 0 Å². The van der Waals surface area contributed by atoms with Crippen LogP contribution in [0.3, 0.4) is 0 Å². The molecule has 0 atom stereocenters. The Kier molecular flexibility index (Phi) is 4.16. The normalized spacial score (nSPS) is 13.8. The minimum Gasteiger partial charge on any atom is -0.354 e. The molecular formula is C10H9Cl3N4O. The number of amides is 2. The highest BCUT2D eigenvalue weighted by Crippen LogP contribution is 2.33. The summed E-state index contributed by atoms with van der Waals surface area (Å²) in [5.41, 5.74) is 0.287. The molecule has 0 bridgehead atoms. The Labute approximate surface area is 119 Å². The number of nitrogens with zero attached hydrogens (tertiary/aromatic N) is 1. The van der Waals surface area contributed by atoms with E-state index in [0.717, 1.165) is 13.1 Å². The summed E-state index contributed by atoms with van der Waals surface area (Å²) in [6, 6.07) is 2.41. The lowest BCUT2D eigenvalue weighted by Crippen LogP contribution is -2.26. The fraction of sp³-hybridized carbons (Fsp3) is 0.200. The number of hydrogen-bond donors (Lipinski definition) is 3. The van der Waals surface area contributed by atoms with Crippen molar-refractivity contribution in [3.63, 3.8) is 0 Å². The third-order valence-electron chi connectivity index (χ3n) is 2.16. The lowest BCUT2D eigenvalue weighted by Gasteiger charge is -2.08. The maximum Gasteiger partial charge on any atom is 0.348 e. The van der Waals surface area contributed by atoms with Crippen molar-refractivity contribution >= 4 is 52.5 Å². The first-order valence-corrected chi connectivity index (χ1v) is 6.21. The van der Waals surface area contributed by atoms with Gasteiger partial charge in [-0.1, -0.05) is 34.8 Å². The molecule has 1 saturated heterocycles. The molecule has 1 aromatic rings. The molecule has 1 aliphatic rings. The molecule has 0 radical (unpaired) electrons. The number of aliphatic imine (C=N–C) groups is 1. The monoisotopic (exact) mass is 306 g/mol. The summed E-state index contributed by atoms with van der Waals surface area (Å²) in [6.07, 6.45) is 0. The van der Waals surface area contributed by atoms with Gasteiger partial charge in [-0.2, -0.15) is 4.99 Å². The van der Waals surface area contributed by atoms with Crippen LogP contribution in [0.1, 0.15) is 0 Å². The second kappa shape index (κ2) is 5.65. The number of carbonyl (C=O) groups excluding carboxylic acids is 1. The van der Waals surface area contributed by atoms with E-state index in [9.17, 15) is 4.79 Å². The van der Waals surface area contributed by atoms with Gasteiger partial charge in [0.1, 0.15) is 0 Å². The molecule has 0 unspecified atom stereocenters. The van der Waals surface area contributed by atoms with Crippen molar-refractivity contribution in [2.45, 2.75) is 0 Å². The highest BCUT2D eigenvalue weighted by Gasteiger charge is 2.12. The number of urea groups is 1. The standard InChI is InChI=1S/C10H9Cl3N4O/c11-5-3-6(12)8(7(13)4-5)16-10(18)17-9-14-1-2-15-9/h3-4H,1-2H2,(H3,14,15,16,17,18). The highest BCUT2D eigenvalue weighted by atomic mass is 35.5. The van der Waals surface area contributed by atoms with E-state index in [4.69, 9.17) is 34.8 Å². The van der Waals surface area contributed by atoms with Crippen LogP contribution in [0.5, 0.6) is 0 Å². The van der Waals surface area contributed by atoms with Crippen LogP contribution >= 0.6 is 34.8 Å². The van der Waals surface area contributed by atoms with Crippen LogP contribution in [0, 0.1) is 0 Å². The zero-order valence-corrected chi connectivity index (χ0v) is 11.3. The van der Waals surface area contributed by atoms with Gasteiger partial charge in [0.25, 0.3) is 0 Å². The van der Waals surface area contributed by atoms with Gasteiger partial charge in [-0.15, -0.1) is 0 Å². The number of benzene rings is 1. The summed E-state index contributed by atoms with van der Waals surface area (Å²) in [5.74, 6) is 0.425. The van der Waals surface area contributed by atoms with Crippen LogP contribution in [-0.4, -0.2) is 25.1 Å². The first-order valence-electron chi connectivity index (χ1n) is 5.08. The molecule has 1 heterocycles. The topological polar surface area (TPSA) is 65.5 Å². The molecule has 3 N–H and O–H groups in total. The molecule has 5 nitrogen and oxygen atoms in total. The average molecular weight is 308 g/mol. The van der Waals surface area contributed by atoms with E-state index in [1.54, 1.807) is 0 Å². The predicted molar refractivity (Wildman–Crippen MR) is 73.9 cm³/mol. The van der Waals surface area contributed by atoms with E-state index in [-0.39, 0.29) is 15.7 Å². The first-order chi connectivity index (χ1) is 8.56. The number of hydrogen-bond acceptors (Lipinski definition) is 1. The molecule has 2 amide bonds. The molecule has 2 rings (SSSR count). The molecule has 0 aromatic heterocycles. The summed E-state index contributed by atoms with van der Waals surface area (Å²) in [4.78, 5) is 15.4. The second-order valence-corrected chi connectivity index (χ2v) is 4.74. The van der Waals surface area contributed by atoms with Gasteiger partial charge in [0.15, 0.2) is 0 Å². The van der Waals surface area contributed by atoms with Crippen LogP contribution in [0.4, 0.5) is 10.5 Å². The number of carbonyl (C=O) groups is 1. The number of rotatable bonds is 1. The quantitative estimate of drug-likeness (QED) is 0.747. The predicted octanol–water partition coefficient (Wildman–Crippen LogP) is 2.73. The van der Waals surface area contributed by atoms with Crippen molar-refractivity contribution in [3.05, 3.63) is 27.2 Å². The first kappa shape index (κ1) is 13.3.